The fourth-order valence-corrected chi connectivity index (χ4v) is 1.43. The minimum atomic E-state index is 0.557. The minimum absolute atomic E-state index is 0.557. The van der Waals surface area contributed by atoms with Gasteiger partial charge in [0, 0.05) is 12.7 Å². The Hall–Kier alpha value is -1.55. The van der Waals surface area contributed by atoms with E-state index in [1.165, 1.54) is 18.4 Å². The van der Waals surface area contributed by atoms with Crippen molar-refractivity contribution in [3.8, 4) is 0 Å². The molecule has 1 rings (SSSR count). The Labute approximate surface area is 96.9 Å². The summed E-state index contributed by atoms with van der Waals surface area (Å²) in [4.78, 5) is 3.94. The molecule has 0 spiro atoms. The SMILES string of the molecule is CCCCc1ccc(NC(=NC)NN)cc1. The fraction of sp³-hybridized carbons (Fsp3) is 0.417. The number of unbranched alkanes of at least 4 members (excludes halogenated alkanes) is 1. The van der Waals surface area contributed by atoms with Crippen molar-refractivity contribution >= 4 is 11.6 Å². The van der Waals surface area contributed by atoms with Gasteiger partial charge in [0.2, 0.25) is 5.96 Å². The van der Waals surface area contributed by atoms with Crippen LogP contribution in [0, 0.1) is 0 Å². The second-order valence-electron chi connectivity index (χ2n) is 3.64. The van der Waals surface area contributed by atoms with E-state index in [1.807, 2.05) is 12.1 Å². The van der Waals surface area contributed by atoms with E-state index in [-0.39, 0.29) is 0 Å². The predicted octanol–water partition coefficient (Wildman–Crippen LogP) is 1.89. The molecule has 1 aromatic rings. The maximum absolute atomic E-state index is 5.28. The molecule has 0 bridgehead atoms. The summed E-state index contributed by atoms with van der Waals surface area (Å²) < 4.78 is 0. The first-order valence-electron chi connectivity index (χ1n) is 5.59. The van der Waals surface area contributed by atoms with Crippen molar-refractivity contribution in [2.75, 3.05) is 12.4 Å². The molecule has 0 radical (unpaired) electrons. The molecule has 0 aromatic heterocycles. The van der Waals surface area contributed by atoms with Gasteiger partial charge in [0.25, 0.3) is 0 Å². The largest absolute Gasteiger partial charge is 0.325 e. The van der Waals surface area contributed by atoms with Crippen LogP contribution in [0.25, 0.3) is 0 Å². The van der Waals surface area contributed by atoms with Crippen molar-refractivity contribution in [1.82, 2.24) is 5.43 Å². The van der Waals surface area contributed by atoms with E-state index in [9.17, 15) is 0 Å². The monoisotopic (exact) mass is 220 g/mol. The van der Waals surface area contributed by atoms with Gasteiger partial charge in [-0.2, -0.15) is 0 Å². The summed E-state index contributed by atoms with van der Waals surface area (Å²) in [6.45, 7) is 2.20. The molecule has 4 N–H and O–H groups in total. The van der Waals surface area contributed by atoms with Crippen molar-refractivity contribution in [2.45, 2.75) is 26.2 Å². The summed E-state index contributed by atoms with van der Waals surface area (Å²) in [5.41, 5.74) is 4.84. The Morgan fingerprint density at radius 2 is 2.00 bits per heavy atom. The number of nitrogens with one attached hydrogen (secondary N) is 2. The number of guanidine groups is 1. The summed E-state index contributed by atoms with van der Waals surface area (Å²) in [5.74, 6) is 5.84. The van der Waals surface area contributed by atoms with Gasteiger partial charge in [-0.15, -0.1) is 0 Å². The van der Waals surface area contributed by atoms with Crippen LogP contribution in [0.5, 0.6) is 0 Å². The second-order valence-corrected chi connectivity index (χ2v) is 3.64. The molecule has 0 aliphatic heterocycles. The molecular weight excluding hydrogens is 200 g/mol. The Bertz CT molecular complexity index is 329. The number of aryl methyl sites for hydroxylation is 1. The molecule has 0 atom stereocenters. The van der Waals surface area contributed by atoms with Crippen molar-refractivity contribution in [3.63, 3.8) is 0 Å². The van der Waals surface area contributed by atoms with E-state index < -0.39 is 0 Å². The highest BCUT2D eigenvalue weighted by molar-refractivity contribution is 5.93. The van der Waals surface area contributed by atoms with Gasteiger partial charge in [-0.1, -0.05) is 25.5 Å². The zero-order valence-electron chi connectivity index (χ0n) is 9.96. The number of rotatable bonds is 4. The lowest BCUT2D eigenvalue weighted by molar-refractivity contribution is 0.795. The number of nitrogens with two attached hydrogens (primary N) is 1. The van der Waals surface area contributed by atoms with Gasteiger partial charge in [-0.25, -0.2) is 5.84 Å². The smallest absolute Gasteiger partial charge is 0.209 e. The van der Waals surface area contributed by atoms with Crippen LogP contribution >= 0.6 is 0 Å². The van der Waals surface area contributed by atoms with E-state index in [0.29, 0.717) is 5.96 Å². The maximum atomic E-state index is 5.28. The number of hydrazine groups is 1. The number of anilines is 1. The van der Waals surface area contributed by atoms with E-state index in [4.69, 9.17) is 5.84 Å². The van der Waals surface area contributed by atoms with Crippen LogP contribution in [0.15, 0.2) is 29.3 Å². The second kappa shape index (κ2) is 6.85. The van der Waals surface area contributed by atoms with Crippen LogP contribution < -0.4 is 16.6 Å². The molecule has 0 aliphatic rings. The highest BCUT2D eigenvalue weighted by Gasteiger charge is 1.97. The maximum Gasteiger partial charge on any atom is 0.209 e. The normalized spacial score (nSPS) is 11.3. The quantitative estimate of drug-likeness (QED) is 0.314. The summed E-state index contributed by atoms with van der Waals surface area (Å²) in [7, 11) is 1.68. The van der Waals surface area contributed by atoms with Crippen molar-refractivity contribution < 1.29 is 0 Å². The number of aliphatic imine (C=N–C) groups is 1. The molecule has 1 aromatic carbocycles. The molecule has 88 valence electrons. The Morgan fingerprint density at radius 3 is 2.50 bits per heavy atom. The number of hydrogen-bond donors (Lipinski definition) is 3. The third kappa shape index (κ3) is 3.90. The Morgan fingerprint density at radius 1 is 1.31 bits per heavy atom. The molecule has 16 heavy (non-hydrogen) atoms. The molecule has 0 saturated carbocycles. The zero-order chi connectivity index (χ0) is 11.8. The van der Waals surface area contributed by atoms with E-state index >= 15 is 0 Å². The lowest BCUT2D eigenvalue weighted by Crippen LogP contribution is -2.36. The molecular formula is C12H20N4. The van der Waals surface area contributed by atoms with Crippen molar-refractivity contribution in [1.29, 1.82) is 0 Å². The molecule has 0 heterocycles. The van der Waals surface area contributed by atoms with Crippen molar-refractivity contribution in [2.24, 2.45) is 10.8 Å². The third-order valence-corrected chi connectivity index (χ3v) is 2.40. The van der Waals surface area contributed by atoms with Crippen molar-refractivity contribution in [3.05, 3.63) is 29.8 Å². The van der Waals surface area contributed by atoms with E-state index in [1.54, 1.807) is 7.05 Å². The molecule has 4 nitrogen and oxygen atoms in total. The summed E-state index contributed by atoms with van der Waals surface area (Å²) >= 11 is 0. The van der Waals surface area contributed by atoms with Gasteiger partial charge in [0.1, 0.15) is 0 Å². The Kier molecular flexibility index (Phi) is 5.36. The van der Waals surface area contributed by atoms with Crippen LogP contribution in [0.3, 0.4) is 0 Å². The third-order valence-electron chi connectivity index (χ3n) is 2.40. The molecule has 0 fully saturated rings. The molecule has 0 aliphatic carbocycles. The molecule has 0 amide bonds. The van der Waals surface area contributed by atoms with Gasteiger partial charge in [0.15, 0.2) is 0 Å². The molecule has 4 heteroatoms. The first-order valence-corrected chi connectivity index (χ1v) is 5.59. The highest BCUT2D eigenvalue weighted by atomic mass is 15.3. The summed E-state index contributed by atoms with van der Waals surface area (Å²) in [6, 6.07) is 8.32. The van der Waals surface area contributed by atoms with Crippen LogP contribution in [0.1, 0.15) is 25.3 Å². The van der Waals surface area contributed by atoms with Gasteiger partial charge >= 0.3 is 0 Å². The van der Waals surface area contributed by atoms with Crippen LogP contribution in [-0.4, -0.2) is 13.0 Å². The predicted molar refractivity (Wildman–Crippen MR) is 69.4 cm³/mol. The fourth-order valence-electron chi connectivity index (χ4n) is 1.43. The first-order chi connectivity index (χ1) is 7.80. The average Bonchev–Trinajstić information content (AvgIpc) is 2.35. The Balaban J connectivity index is 2.57. The van der Waals surface area contributed by atoms with Gasteiger partial charge in [0.05, 0.1) is 0 Å². The summed E-state index contributed by atoms with van der Waals surface area (Å²) in [5, 5.41) is 3.08. The van der Waals surface area contributed by atoms with Crippen LogP contribution in [0.2, 0.25) is 0 Å². The lowest BCUT2D eigenvalue weighted by Gasteiger charge is -2.08. The van der Waals surface area contributed by atoms with Gasteiger partial charge in [-0.05, 0) is 30.5 Å². The average molecular weight is 220 g/mol. The highest BCUT2D eigenvalue weighted by Crippen LogP contribution is 2.11. The van der Waals surface area contributed by atoms with Gasteiger partial charge < -0.3 is 5.32 Å². The minimum Gasteiger partial charge on any atom is -0.325 e. The van der Waals surface area contributed by atoms with Gasteiger partial charge in [-0.3, -0.25) is 10.4 Å². The van der Waals surface area contributed by atoms with E-state index in [2.05, 4.69) is 34.8 Å². The molecule has 0 unspecified atom stereocenters. The number of hydrogen-bond acceptors (Lipinski definition) is 2. The van der Waals surface area contributed by atoms with Crippen LogP contribution in [0.4, 0.5) is 5.69 Å². The lowest BCUT2D eigenvalue weighted by atomic mass is 10.1. The summed E-state index contributed by atoms with van der Waals surface area (Å²) in [6.07, 6.45) is 3.60. The standard InChI is InChI=1S/C12H20N4/c1-3-4-5-10-6-8-11(9-7-10)15-12(14-2)16-13/h6-9H,3-5,13H2,1-2H3,(H2,14,15,16). The zero-order valence-corrected chi connectivity index (χ0v) is 9.96. The first kappa shape index (κ1) is 12.5. The topological polar surface area (TPSA) is 62.4 Å². The number of benzene rings is 1. The number of nitrogens with zero attached hydrogens (tertiary/aromatic N) is 1. The van der Waals surface area contributed by atoms with E-state index in [0.717, 1.165) is 12.1 Å². The van der Waals surface area contributed by atoms with Crippen LogP contribution in [-0.2, 0) is 6.42 Å². The molecule has 0 saturated heterocycles.